The molecule has 1 atom stereocenters. The van der Waals surface area contributed by atoms with Crippen molar-refractivity contribution in [1.29, 1.82) is 0 Å². The van der Waals surface area contributed by atoms with Gasteiger partial charge in [0.2, 0.25) is 0 Å². The smallest absolute Gasteiger partial charge is 0.289 e. The first-order valence-corrected chi connectivity index (χ1v) is 9.65. The second kappa shape index (κ2) is 7.28. The molecule has 1 N–H and O–H groups in total. The van der Waals surface area contributed by atoms with Gasteiger partial charge in [0.05, 0.1) is 12.3 Å². The van der Waals surface area contributed by atoms with Gasteiger partial charge in [0, 0.05) is 48.3 Å². The van der Waals surface area contributed by atoms with Crippen molar-refractivity contribution in [2.45, 2.75) is 26.8 Å². The molecule has 1 aliphatic heterocycles. The van der Waals surface area contributed by atoms with Crippen LogP contribution in [0.3, 0.4) is 0 Å². The van der Waals surface area contributed by atoms with E-state index in [9.17, 15) is 9.59 Å². The molecule has 0 bridgehead atoms. The number of piperazine rings is 1. The number of carbonyl (C=O) groups excluding carboxylic acids is 2. The summed E-state index contributed by atoms with van der Waals surface area (Å²) in [6.07, 6.45) is 1.51. The summed E-state index contributed by atoms with van der Waals surface area (Å²) in [7, 11) is 0. The van der Waals surface area contributed by atoms with Crippen molar-refractivity contribution < 1.29 is 14.0 Å². The number of fused-ring (bicyclic) bond motifs is 1. The van der Waals surface area contributed by atoms with Crippen LogP contribution in [0.4, 0.5) is 0 Å². The number of aromatic amines is 1. The summed E-state index contributed by atoms with van der Waals surface area (Å²) in [5.41, 5.74) is 3.85. The molecule has 1 unspecified atom stereocenters. The highest BCUT2D eigenvalue weighted by molar-refractivity contribution is 6.11. The molecule has 1 amide bonds. The van der Waals surface area contributed by atoms with Gasteiger partial charge in [-0.3, -0.25) is 14.5 Å². The maximum atomic E-state index is 13.3. The van der Waals surface area contributed by atoms with Crippen LogP contribution in [0.1, 0.15) is 39.1 Å². The fraction of sp³-hybridized carbons (Fsp3) is 0.364. The number of carbonyl (C=O) groups is 2. The monoisotopic (exact) mass is 379 g/mol. The second-order valence-corrected chi connectivity index (χ2v) is 7.52. The SMILES string of the molecule is Cc1ccc2c(C(=O)C(C)N3CCN(C(=O)c4ccco4)CC3)c(C)[nH]c2c1. The Morgan fingerprint density at radius 3 is 2.54 bits per heavy atom. The Morgan fingerprint density at radius 2 is 1.86 bits per heavy atom. The van der Waals surface area contributed by atoms with E-state index in [-0.39, 0.29) is 17.7 Å². The minimum Gasteiger partial charge on any atom is -0.459 e. The van der Waals surface area contributed by atoms with E-state index in [1.807, 2.05) is 32.9 Å². The van der Waals surface area contributed by atoms with Gasteiger partial charge in [0.1, 0.15) is 0 Å². The van der Waals surface area contributed by atoms with Crippen molar-refractivity contribution in [3.63, 3.8) is 0 Å². The molecule has 146 valence electrons. The van der Waals surface area contributed by atoms with E-state index < -0.39 is 0 Å². The molecule has 0 aliphatic carbocycles. The first-order chi connectivity index (χ1) is 13.5. The molecule has 3 heterocycles. The van der Waals surface area contributed by atoms with Gasteiger partial charge in [-0.05, 0) is 44.5 Å². The van der Waals surface area contributed by atoms with Crippen LogP contribution in [0.15, 0.2) is 41.0 Å². The third kappa shape index (κ3) is 3.24. The largest absolute Gasteiger partial charge is 0.459 e. The lowest BCUT2D eigenvalue weighted by molar-refractivity contribution is 0.0529. The number of amides is 1. The first-order valence-electron chi connectivity index (χ1n) is 9.65. The molecule has 1 aromatic carbocycles. The number of aromatic nitrogens is 1. The molecule has 2 aromatic heterocycles. The van der Waals surface area contributed by atoms with E-state index >= 15 is 0 Å². The third-order valence-electron chi connectivity index (χ3n) is 5.65. The number of aryl methyl sites for hydroxylation is 2. The maximum Gasteiger partial charge on any atom is 0.289 e. The quantitative estimate of drug-likeness (QED) is 0.706. The maximum absolute atomic E-state index is 13.3. The fourth-order valence-electron chi connectivity index (χ4n) is 4.01. The topological polar surface area (TPSA) is 69.6 Å². The summed E-state index contributed by atoms with van der Waals surface area (Å²) >= 11 is 0. The third-order valence-corrected chi connectivity index (χ3v) is 5.65. The molecular weight excluding hydrogens is 354 g/mol. The zero-order valence-electron chi connectivity index (χ0n) is 16.5. The Balaban J connectivity index is 1.47. The Morgan fingerprint density at radius 1 is 1.11 bits per heavy atom. The molecule has 0 radical (unpaired) electrons. The van der Waals surface area contributed by atoms with Crippen LogP contribution < -0.4 is 0 Å². The van der Waals surface area contributed by atoms with Gasteiger partial charge in [-0.15, -0.1) is 0 Å². The normalized spacial score (nSPS) is 16.5. The number of nitrogens with zero attached hydrogens (tertiary/aromatic N) is 2. The van der Waals surface area contributed by atoms with Crippen LogP contribution in [0.25, 0.3) is 10.9 Å². The van der Waals surface area contributed by atoms with E-state index in [2.05, 4.69) is 16.0 Å². The van der Waals surface area contributed by atoms with Gasteiger partial charge in [0.25, 0.3) is 5.91 Å². The summed E-state index contributed by atoms with van der Waals surface area (Å²) in [4.78, 5) is 33.0. The fourth-order valence-corrected chi connectivity index (χ4v) is 4.01. The lowest BCUT2D eigenvalue weighted by Crippen LogP contribution is -2.53. The standard InChI is InChI=1S/C22H25N3O3/c1-14-6-7-17-18(13-14)23-15(2)20(17)21(26)16(3)24-8-10-25(11-9-24)22(27)19-5-4-12-28-19/h4-7,12-13,16,23H,8-11H2,1-3H3. The number of ketones is 1. The number of hydrogen-bond acceptors (Lipinski definition) is 4. The molecule has 0 saturated carbocycles. The van der Waals surface area contributed by atoms with Crippen molar-refractivity contribution in [1.82, 2.24) is 14.8 Å². The molecule has 1 fully saturated rings. The number of benzene rings is 1. The van der Waals surface area contributed by atoms with Crippen LogP contribution in [0.5, 0.6) is 0 Å². The van der Waals surface area contributed by atoms with Crippen LogP contribution in [0.2, 0.25) is 0 Å². The van der Waals surface area contributed by atoms with Crippen LogP contribution in [0, 0.1) is 13.8 Å². The average Bonchev–Trinajstić information content (AvgIpc) is 3.33. The average molecular weight is 379 g/mol. The number of Topliss-reactive ketones (excluding diaryl/α,β-unsaturated/α-hetero) is 1. The molecule has 1 saturated heterocycles. The van der Waals surface area contributed by atoms with Gasteiger partial charge < -0.3 is 14.3 Å². The van der Waals surface area contributed by atoms with Crippen molar-refractivity contribution in [2.24, 2.45) is 0 Å². The zero-order valence-corrected chi connectivity index (χ0v) is 16.5. The second-order valence-electron chi connectivity index (χ2n) is 7.52. The van der Waals surface area contributed by atoms with E-state index in [1.54, 1.807) is 17.0 Å². The molecule has 6 heteroatoms. The van der Waals surface area contributed by atoms with Gasteiger partial charge in [-0.1, -0.05) is 12.1 Å². The lowest BCUT2D eigenvalue weighted by atomic mass is 10.00. The van der Waals surface area contributed by atoms with Gasteiger partial charge in [0.15, 0.2) is 11.5 Å². The van der Waals surface area contributed by atoms with Crippen LogP contribution in [-0.2, 0) is 0 Å². The van der Waals surface area contributed by atoms with E-state index in [4.69, 9.17) is 4.42 Å². The van der Waals surface area contributed by atoms with Gasteiger partial charge in [-0.2, -0.15) is 0 Å². The number of furan rings is 1. The molecule has 3 aromatic rings. The van der Waals surface area contributed by atoms with Crippen molar-refractivity contribution in [3.05, 3.63) is 59.2 Å². The van der Waals surface area contributed by atoms with Crippen molar-refractivity contribution >= 4 is 22.6 Å². The Kier molecular flexibility index (Phi) is 4.81. The summed E-state index contributed by atoms with van der Waals surface area (Å²) in [6, 6.07) is 9.30. The first kappa shape index (κ1) is 18.5. The molecular formula is C22H25N3O3. The molecule has 0 spiro atoms. The molecule has 28 heavy (non-hydrogen) atoms. The number of nitrogens with one attached hydrogen (secondary N) is 1. The lowest BCUT2D eigenvalue weighted by Gasteiger charge is -2.37. The van der Waals surface area contributed by atoms with E-state index in [0.717, 1.165) is 27.7 Å². The summed E-state index contributed by atoms with van der Waals surface area (Å²) in [5.74, 6) is 0.396. The summed E-state index contributed by atoms with van der Waals surface area (Å²) in [6.45, 7) is 8.46. The van der Waals surface area contributed by atoms with E-state index in [0.29, 0.717) is 31.9 Å². The minimum atomic E-state index is -0.236. The highest BCUT2D eigenvalue weighted by Crippen LogP contribution is 2.26. The molecule has 6 nitrogen and oxygen atoms in total. The van der Waals surface area contributed by atoms with Crippen LogP contribution >= 0.6 is 0 Å². The van der Waals surface area contributed by atoms with Crippen LogP contribution in [-0.4, -0.2) is 58.7 Å². The predicted molar refractivity (Wildman–Crippen MR) is 108 cm³/mol. The number of H-pyrrole nitrogens is 1. The Hall–Kier alpha value is -2.86. The van der Waals surface area contributed by atoms with Gasteiger partial charge in [-0.25, -0.2) is 0 Å². The molecule has 4 rings (SSSR count). The van der Waals surface area contributed by atoms with Crippen molar-refractivity contribution in [3.8, 4) is 0 Å². The minimum absolute atomic E-state index is 0.0912. The molecule has 1 aliphatic rings. The highest BCUT2D eigenvalue weighted by Gasteiger charge is 2.30. The Labute approximate surface area is 164 Å². The van der Waals surface area contributed by atoms with E-state index in [1.165, 1.54) is 6.26 Å². The number of hydrogen-bond donors (Lipinski definition) is 1. The zero-order chi connectivity index (χ0) is 19.8. The summed E-state index contributed by atoms with van der Waals surface area (Å²) in [5, 5.41) is 0.978. The summed E-state index contributed by atoms with van der Waals surface area (Å²) < 4.78 is 5.21. The highest BCUT2D eigenvalue weighted by atomic mass is 16.3. The number of rotatable bonds is 4. The van der Waals surface area contributed by atoms with Gasteiger partial charge >= 0.3 is 0 Å². The van der Waals surface area contributed by atoms with Crippen molar-refractivity contribution in [2.75, 3.05) is 26.2 Å². The Bertz CT molecular complexity index is 1010. The predicted octanol–water partition coefficient (Wildman–Crippen LogP) is 3.41.